The Balaban J connectivity index is 2.84. The van der Waals surface area contributed by atoms with Gasteiger partial charge >= 0.3 is 0 Å². The maximum absolute atomic E-state index is 8.97. The van der Waals surface area contributed by atoms with Gasteiger partial charge in [0, 0.05) is 6.04 Å². The van der Waals surface area contributed by atoms with Crippen molar-refractivity contribution in [3.05, 3.63) is 10.0 Å². The third-order valence-corrected chi connectivity index (χ3v) is 2.94. The van der Waals surface area contributed by atoms with Crippen LogP contribution in [0.2, 0.25) is 5.15 Å². The van der Waals surface area contributed by atoms with Crippen molar-refractivity contribution in [2.45, 2.75) is 19.4 Å². The van der Waals surface area contributed by atoms with E-state index in [1.54, 1.807) is 0 Å². The Morgan fingerprint density at radius 1 is 1.79 bits per heavy atom. The first-order valence-corrected chi connectivity index (χ1v) is 5.30. The van der Waals surface area contributed by atoms with Crippen LogP contribution in [-0.4, -0.2) is 22.1 Å². The monoisotopic (exact) mass is 231 g/mol. The Kier molecular flexibility index (Phi) is 4.14. The molecule has 1 rings (SSSR count). The average molecular weight is 232 g/mol. The van der Waals surface area contributed by atoms with Gasteiger partial charge in [0.05, 0.1) is 6.61 Å². The summed E-state index contributed by atoms with van der Waals surface area (Å²) in [7, 11) is 0. The fourth-order valence-corrected chi connectivity index (χ4v) is 1.81. The summed E-state index contributed by atoms with van der Waals surface area (Å²) in [6.45, 7) is 1.95. The molecule has 0 aromatic carbocycles. The minimum atomic E-state index is -0.0870. The van der Waals surface area contributed by atoms with Crippen LogP contribution in [0.25, 0.3) is 0 Å². The first kappa shape index (κ1) is 11.2. The van der Waals surface area contributed by atoms with Crippen LogP contribution in [0.3, 0.4) is 0 Å². The molecule has 0 spiro atoms. The summed E-state index contributed by atoms with van der Waals surface area (Å²) >= 11 is 6.84. The number of aromatic nitrogens is 1. The van der Waals surface area contributed by atoms with Gasteiger partial charge in [0.15, 0.2) is 5.15 Å². The standard InChI is InChI=1S/C8H10ClN3OS/c1-2-5(4-13)11-7-6(3-10)14-12-8(7)9/h5,11,13H,2,4H2,1H3. The van der Waals surface area contributed by atoms with E-state index in [4.69, 9.17) is 22.0 Å². The summed E-state index contributed by atoms with van der Waals surface area (Å²) in [5, 5.41) is 21.0. The van der Waals surface area contributed by atoms with Crippen molar-refractivity contribution in [3.63, 3.8) is 0 Å². The zero-order valence-corrected chi connectivity index (χ0v) is 9.19. The normalized spacial score (nSPS) is 12.1. The second kappa shape index (κ2) is 5.15. The number of nitrogens with one attached hydrogen (secondary N) is 1. The highest BCUT2D eigenvalue weighted by Crippen LogP contribution is 2.28. The number of hydrogen-bond donors (Lipinski definition) is 2. The molecular formula is C8H10ClN3OS. The van der Waals surface area contributed by atoms with Crippen molar-refractivity contribution in [2.24, 2.45) is 0 Å². The van der Waals surface area contributed by atoms with Gasteiger partial charge in [-0.3, -0.25) is 0 Å². The first-order valence-electron chi connectivity index (χ1n) is 4.15. The zero-order valence-electron chi connectivity index (χ0n) is 7.62. The van der Waals surface area contributed by atoms with E-state index < -0.39 is 0 Å². The second-order valence-electron chi connectivity index (χ2n) is 2.72. The van der Waals surface area contributed by atoms with Gasteiger partial charge in [0.2, 0.25) is 0 Å². The van der Waals surface area contributed by atoms with Crippen molar-refractivity contribution < 1.29 is 5.11 Å². The van der Waals surface area contributed by atoms with Crippen LogP contribution in [0, 0.1) is 11.3 Å². The summed E-state index contributed by atoms with van der Waals surface area (Å²) in [6.07, 6.45) is 0.757. The number of anilines is 1. The lowest BCUT2D eigenvalue weighted by molar-refractivity contribution is 0.272. The van der Waals surface area contributed by atoms with Crippen molar-refractivity contribution >= 4 is 28.8 Å². The molecule has 1 atom stereocenters. The van der Waals surface area contributed by atoms with Gasteiger partial charge in [0.1, 0.15) is 16.6 Å². The van der Waals surface area contributed by atoms with Crippen LogP contribution in [0.1, 0.15) is 18.2 Å². The van der Waals surface area contributed by atoms with Gasteiger partial charge in [-0.15, -0.1) is 0 Å². The van der Waals surface area contributed by atoms with Gasteiger partial charge in [-0.05, 0) is 18.0 Å². The Morgan fingerprint density at radius 3 is 3.00 bits per heavy atom. The number of halogens is 1. The molecule has 0 aliphatic rings. The molecule has 1 aromatic rings. The van der Waals surface area contributed by atoms with Gasteiger partial charge in [-0.2, -0.15) is 9.64 Å². The molecule has 2 N–H and O–H groups in total. The number of rotatable bonds is 4. The Bertz CT molecular complexity index is 343. The highest BCUT2D eigenvalue weighted by Gasteiger charge is 2.14. The van der Waals surface area contributed by atoms with Crippen LogP contribution in [0.15, 0.2) is 0 Å². The molecule has 14 heavy (non-hydrogen) atoms. The summed E-state index contributed by atoms with van der Waals surface area (Å²) in [5.74, 6) is 0. The van der Waals surface area contributed by atoms with Gasteiger partial charge in [0.25, 0.3) is 0 Å². The molecule has 0 fully saturated rings. The minimum Gasteiger partial charge on any atom is -0.394 e. The topological polar surface area (TPSA) is 68.9 Å². The molecule has 0 aliphatic heterocycles. The van der Waals surface area contributed by atoms with E-state index in [0.29, 0.717) is 15.7 Å². The van der Waals surface area contributed by atoms with Crippen LogP contribution < -0.4 is 5.32 Å². The molecule has 0 bridgehead atoms. The lowest BCUT2D eigenvalue weighted by Crippen LogP contribution is -2.22. The molecule has 4 nitrogen and oxygen atoms in total. The molecule has 0 radical (unpaired) electrons. The number of hydrogen-bond acceptors (Lipinski definition) is 5. The minimum absolute atomic E-state index is 0.00748. The van der Waals surface area contributed by atoms with Crippen molar-refractivity contribution in [2.75, 3.05) is 11.9 Å². The predicted molar refractivity (Wildman–Crippen MR) is 56.6 cm³/mol. The van der Waals surface area contributed by atoms with E-state index in [1.165, 1.54) is 0 Å². The summed E-state index contributed by atoms with van der Waals surface area (Å²) in [5.41, 5.74) is 0.528. The van der Waals surface area contributed by atoms with Crippen LogP contribution in [0.5, 0.6) is 0 Å². The van der Waals surface area contributed by atoms with Crippen LogP contribution in [0.4, 0.5) is 5.69 Å². The second-order valence-corrected chi connectivity index (χ2v) is 3.85. The van der Waals surface area contributed by atoms with Gasteiger partial charge < -0.3 is 10.4 Å². The number of aliphatic hydroxyl groups excluding tert-OH is 1. The number of nitriles is 1. The predicted octanol–water partition coefficient (Wildman–Crippen LogP) is 1.85. The van der Waals surface area contributed by atoms with E-state index >= 15 is 0 Å². The molecular weight excluding hydrogens is 222 g/mol. The summed E-state index contributed by atoms with van der Waals surface area (Å²) < 4.78 is 3.85. The van der Waals surface area contributed by atoms with Crippen LogP contribution in [-0.2, 0) is 0 Å². The quantitative estimate of drug-likeness (QED) is 0.830. The number of nitrogens with zero attached hydrogens (tertiary/aromatic N) is 2. The molecule has 1 aromatic heterocycles. The third-order valence-electron chi connectivity index (χ3n) is 1.81. The highest BCUT2D eigenvalue weighted by atomic mass is 35.5. The largest absolute Gasteiger partial charge is 0.394 e. The van der Waals surface area contributed by atoms with E-state index in [9.17, 15) is 0 Å². The van der Waals surface area contributed by atoms with Gasteiger partial charge in [-0.1, -0.05) is 18.5 Å². The van der Waals surface area contributed by atoms with Gasteiger partial charge in [-0.25, -0.2) is 0 Å². The molecule has 76 valence electrons. The summed E-state index contributed by atoms with van der Waals surface area (Å²) in [6, 6.07) is 1.91. The highest BCUT2D eigenvalue weighted by molar-refractivity contribution is 7.07. The van der Waals surface area contributed by atoms with E-state index in [1.807, 2.05) is 13.0 Å². The van der Waals surface area contributed by atoms with Crippen molar-refractivity contribution in [3.8, 4) is 6.07 Å². The lowest BCUT2D eigenvalue weighted by atomic mass is 10.2. The fourth-order valence-electron chi connectivity index (χ4n) is 0.953. The van der Waals surface area contributed by atoms with Crippen LogP contribution >= 0.6 is 23.1 Å². The van der Waals surface area contributed by atoms with E-state index in [2.05, 4.69) is 9.69 Å². The maximum Gasteiger partial charge on any atom is 0.167 e. The molecule has 6 heteroatoms. The van der Waals surface area contributed by atoms with Crippen molar-refractivity contribution in [1.29, 1.82) is 5.26 Å². The third kappa shape index (κ3) is 2.35. The first-order chi connectivity index (χ1) is 6.72. The van der Waals surface area contributed by atoms with Crippen molar-refractivity contribution in [1.82, 2.24) is 4.37 Å². The molecule has 0 saturated heterocycles. The molecule has 0 amide bonds. The Morgan fingerprint density at radius 2 is 2.50 bits per heavy atom. The average Bonchev–Trinajstić information content (AvgIpc) is 2.56. The number of aliphatic hydroxyl groups is 1. The fraction of sp³-hybridized carbons (Fsp3) is 0.500. The summed E-state index contributed by atoms with van der Waals surface area (Å²) in [4.78, 5) is 0.446. The molecule has 1 heterocycles. The maximum atomic E-state index is 8.97. The van der Waals surface area contributed by atoms with E-state index in [-0.39, 0.29) is 12.6 Å². The SMILES string of the molecule is CCC(CO)Nc1c(Cl)nsc1C#N. The molecule has 0 saturated carbocycles. The zero-order chi connectivity index (χ0) is 10.6. The molecule has 0 aliphatic carbocycles. The Hall–Kier alpha value is -0.830. The molecule has 1 unspecified atom stereocenters. The lowest BCUT2D eigenvalue weighted by Gasteiger charge is -2.14. The Labute approximate surface area is 91.3 Å². The van der Waals surface area contributed by atoms with E-state index in [0.717, 1.165) is 18.0 Å². The smallest absolute Gasteiger partial charge is 0.167 e.